The standard InChI is InChI=1S/C14H10ClN3O2S2/c1-7-4-3-5-18-11(7)16-10(15)8(12(18)19)6-9-13(20)17(2)14(21)22-9/h3-6H,1-2H3/b9-6-. The lowest BCUT2D eigenvalue weighted by Crippen LogP contribution is -2.22. The molecule has 3 heterocycles. The summed E-state index contributed by atoms with van der Waals surface area (Å²) in [5.74, 6) is -0.250. The summed E-state index contributed by atoms with van der Waals surface area (Å²) < 4.78 is 1.86. The molecule has 0 aliphatic carbocycles. The normalized spacial score (nSPS) is 17.0. The van der Waals surface area contributed by atoms with E-state index in [1.165, 1.54) is 15.4 Å². The molecule has 1 saturated heterocycles. The molecule has 1 amide bonds. The molecule has 0 aromatic carbocycles. The first-order valence-electron chi connectivity index (χ1n) is 6.29. The third kappa shape index (κ3) is 2.35. The van der Waals surface area contributed by atoms with Gasteiger partial charge in [0.15, 0.2) is 0 Å². The smallest absolute Gasteiger partial charge is 0.266 e. The second-order valence-corrected chi connectivity index (χ2v) is 6.78. The molecule has 0 unspecified atom stereocenters. The molecular weight excluding hydrogens is 342 g/mol. The van der Waals surface area contributed by atoms with Crippen molar-refractivity contribution in [2.24, 2.45) is 0 Å². The van der Waals surface area contributed by atoms with Crippen LogP contribution in [0.2, 0.25) is 5.15 Å². The van der Waals surface area contributed by atoms with Crippen molar-refractivity contribution in [1.82, 2.24) is 14.3 Å². The number of hydrogen-bond donors (Lipinski definition) is 0. The highest BCUT2D eigenvalue weighted by molar-refractivity contribution is 8.26. The largest absolute Gasteiger partial charge is 0.296 e. The van der Waals surface area contributed by atoms with E-state index < -0.39 is 0 Å². The van der Waals surface area contributed by atoms with Crippen LogP contribution in [0, 0.1) is 6.92 Å². The first-order valence-corrected chi connectivity index (χ1v) is 7.89. The van der Waals surface area contributed by atoms with Crippen LogP contribution >= 0.6 is 35.6 Å². The Morgan fingerprint density at radius 3 is 2.77 bits per heavy atom. The number of rotatable bonds is 1. The molecule has 3 rings (SSSR count). The van der Waals surface area contributed by atoms with Crippen LogP contribution in [0.25, 0.3) is 11.7 Å². The molecule has 0 spiro atoms. The summed E-state index contributed by atoms with van der Waals surface area (Å²) in [5, 5.41) is 0.0701. The molecule has 2 aromatic heterocycles. The number of nitrogens with zero attached hydrogens (tertiary/aromatic N) is 3. The molecule has 2 aromatic rings. The number of fused-ring (bicyclic) bond motifs is 1. The van der Waals surface area contributed by atoms with Crippen LogP contribution in [0.3, 0.4) is 0 Å². The number of likely N-dealkylation sites (N-methyl/N-ethyl adjacent to an activating group) is 1. The lowest BCUT2D eigenvalue weighted by molar-refractivity contribution is -0.121. The van der Waals surface area contributed by atoms with Gasteiger partial charge >= 0.3 is 0 Å². The van der Waals surface area contributed by atoms with E-state index in [-0.39, 0.29) is 22.2 Å². The van der Waals surface area contributed by atoms with Gasteiger partial charge < -0.3 is 0 Å². The summed E-state index contributed by atoms with van der Waals surface area (Å²) in [5.41, 5.74) is 1.20. The van der Waals surface area contributed by atoms with Crippen molar-refractivity contribution in [3.63, 3.8) is 0 Å². The number of carbonyl (C=O) groups is 1. The zero-order chi connectivity index (χ0) is 16.0. The van der Waals surface area contributed by atoms with Crippen molar-refractivity contribution in [3.8, 4) is 0 Å². The van der Waals surface area contributed by atoms with Gasteiger partial charge in [0.2, 0.25) is 0 Å². The van der Waals surface area contributed by atoms with Crippen LogP contribution in [0.15, 0.2) is 28.0 Å². The summed E-state index contributed by atoms with van der Waals surface area (Å²) >= 11 is 12.3. The van der Waals surface area contributed by atoms with E-state index in [2.05, 4.69) is 4.98 Å². The molecule has 0 atom stereocenters. The van der Waals surface area contributed by atoms with Crippen molar-refractivity contribution in [2.45, 2.75) is 6.92 Å². The van der Waals surface area contributed by atoms with E-state index >= 15 is 0 Å². The number of halogens is 1. The van der Waals surface area contributed by atoms with Gasteiger partial charge in [-0.3, -0.25) is 18.9 Å². The molecule has 1 aliphatic heterocycles. The van der Waals surface area contributed by atoms with E-state index in [1.54, 1.807) is 19.3 Å². The van der Waals surface area contributed by atoms with Crippen molar-refractivity contribution >= 4 is 57.5 Å². The zero-order valence-corrected chi connectivity index (χ0v) is 14.1. The Bertz CT molecular complexity index is 920. The monoisotopic (exact) mass is 351 g/mol. The van der Waals surface area contributed by atoms with Gasteiger partial charge in [0.1, 0.15) is 15.1 Å². The van der Waals surface area contributed by atoms with Gasteiger partial charge in [-0.05, 0) is 24.6 Å². The highest BCUT2D eigenvalue weighted by Crippen LogP contribution is 2.31. The van der Waals surface area contributed by atoms with Crippen LogP contribution < -0.4 is 5.56 Å². The lowest BCUT2D eigenvalue weighted by atomic mass is 10.2. The number of thiocarbonyl (C=S) groups is 1. The highest BCUT2D eigenvalue weighted by Gasteiger charge is 2.29. The van der Waals surface area contributed by atoms with Crippen molar-refractivity contribution in [1.29, 1.82) is 0 Å². The summed E-state index contributed by atoms with van der Waals surface area (Å²) in [6.45, 7) is 1.85. The van der Waals surface area contributed by atoms with Crippen LogP contribution in [-0.2, 0) is 4.79 Å². The Morgan fingerprint density at radius 2 is 2.14 bits per heavy atom. The lowest BCUT2D eigenvalue weighted by Gasteiger charge is -2.06. The second kappa shape index (κ2) is 5.49. The number of amides is 1. The highest BCUT2D eigenvalue weighted by atomic mass is 35.5. The molecule has 0 radical (unpaired) electrons. The maximum absolute atomic E-state index is 12.6. The average molecular weight is 352 g/mol. The molecule has 0 saturated carbocycles. The van der Waals surface area contributed by atoms with E-state index in [4.69, 9.17) is 23.8 Å². The summed E-state index contributed by atoms with van der Waals surface area (Å²) in [7, 11) is 1.59. The van der Waals surface area contributed by atoms with Crippen LogP contribution in [0.1, 0.15) is 11.1 Å². The molecule has 0 bridgehead atoms. The van der Waals surface area contributed by atoms with E-state index in [9.17, 15) is 9.59 Å². The first-order chi connectivity index (χ1) is 10.4. The molecule has 112 valence electrons. The maximum Gasteiger partial charge on any atom is 0.266 e. The van der Waals surface area contributed by atoms with Gasteiger partial charge in [-0.25, -0.2) is 4.98 Å². The van der Waals surface area contributed by atoms with Gasteiger partial charge in [-0.15, -0.1) is 0 Å². The maximum atomic E-state index is 12.6. The molecule has 0 N–H and O–H groups in total. The fourth-order valence-electron chi connectivity index (χ4n) is 2.08. The van der Waals surface area contributed by atoms with E-state index in [1.807, 2.05) is 13.0 Å². The van der Waals surface area contributed by atoms with Gasteiger partial charge in [0.25, 0.3) is 11.5 Å². The number of aryl methyl sites for hydroxylation is 1. The van der Waals surface area contributed by atoms with Crippen LogP contribution in [-0.4, -0.2) is 31.6 Å². The van der Waals surface area contributed by atoms with Gasteiger partial charge in [0, 0.05) is 13.2 Å². The molecule has 1 aliphatic rings. The number of aromatic nitrogens is 2. The third-order valence-electron chi connectivity index (χ3n) is 3.30. The molecule has 5 nitrogen and oxygen atoms in total. The van der Waals surface area contributed by atoms with Crippen molar-refractivity contribution in [3.05, 3.63) is 49.9 Å². The Labute approximate surface area is 140 Å². The zero-order valence-electron chi connectivity index (χ0n) is 11.7. The predicted molar refractivity (Wildman–Crippen MR) is 92.1 cm³/mol. The molecule has 1 fully saturated rings. The van der Waals surface area contributed by atoms with Crippen molar-refractivity contribution < 1.29 is 4.79 Å². The Kier molecular flexibility index (Phi) is 3.80. The minimum absolute atomic E-state index is 0.0701. The predicted octanol–water partition coefficient (Wildman–Crippen LogP) is 2.49. The van der Waals surface area contributed by atoms with Crippen LogP contribution in [0.4, 0.5) is 0 Å². The van der Waals surface area contributed by atoms with Gasteiger partial charge in [-0.1, -0.05) is 41.6 Å². The first kappa shape index (κ1) is 15.2. The summed E-state index contributed by atoms with van der Waals surface area (Å²) in [6.07, 6.45) is 3.08. The van der Waals surface area contributed by atoms with E-state index in [0.717, 1.165) is 17.3 Å². The Balaban J connectivity index is 2.23. The average Bonchev–Trinajstić information content (AvgIpc) is 2.72. The molecular formula is C14H10ClN3O2S2. The fourth-order valence-corrected chi connectivity index (χ4v) is 3.46. The minimum Gasteiger partial charge on any atom is -0.296 e. The third-order valence-corrected chi connectivity index (χ3v) is 5.07. The number of carbonyl (C=O) groups excluding carboxylic acids is 1. The Morgan fingerprint density at radius 1 is 1.41 bits per heavy atom. The van der Waals surface area contributed by atoms with Crippen LogP contribution in [0.5, 0.6) is 0 Å². The van der Waals surface area contributed by atoms with Crippen molar-refractivity contribution in [2.75, 3.05) is 7.05 Å². The minimum atomic E-state index is -0.319. The number of hydrogen-bond acceptors (Lipinski definition) is 5. The number of thioether (sulfide) groups is 1. The van der Waals surface area contributed by atoms with E-state index in [0.29, 0.717) is 14.9 Å². The summed E-state index contributed by atoms with van der Waals surface area (Å²) in [6, 6.07) is 3.61. The molecule has 8 heteroatoms. The fraction of sp³-hybridized carbons (Fsp3) is 0.143. The quantitative estimate of drug-likeness (QED) is 0.449. The topological polar surface area (TPSA) is 54.7 Å². The number of pyridine rings is 1. The van der Waals surface area contributed by atoms with Gasteiger partial charge in [0.05, 0.1) is 10.5 Å². The summed E-state index contributed by atoms with van der Waals surface area (Å²) in [4.78, 5) is 30.6. The Hall–Kier alpha value is -1.70. The second-order valence-electron chi connectivity index (χ2n) is 4.75. The molecule has 22 heavy (non-hydrogen) atoms. The van der Waals surface area contributed by atoms with Gasteiger partial charge in [-0.2, -0.15) is 0 Å². The SMILES string of the molecule is Cc1cccn2c(=O)c(/C=C3\SC(=S)N(C)C3=O)c(Cl)nc12.